The molecule has 3 N–H and O–H groups in total. The molecule has 3 rings (SSSR count). The average molecular weight is 389 g/mol. The molecule has 0 aromatic heterocycles. The summed E-state index contributed by atoms with van der Waals surface area (Å²) in [4.78, 5) is 11.6. The minimum absolute atomic E-state index is 0.0604. The van der Waals surface area contributed by atoms with E-state index in [1.807, 2.05) is 0 Å². The lowest BCUT2D eigenvalue weighted by atomic mass is 9.79. The van der Waals surface area contributed by atoms with Crippen LogP contribution in [0.2, 0.25) is 0 Å². The van der Waals surface area contributed by atoms with Crippen LogP contribution in [0, 0.1) is 0 Å². The first-order chi connectivity index (χ1) is 12.8. The van der Waals surface area contributed by atoms with Gasteiger partial charge in [-0.25, -0.2) is 8.42 Å². The van der Waals surface area contributed by atoms with E-state index in [0.29, 0.717) is 28.9 Å². The zero-order chi connectivity index (χ0) is 19.6. The number of carbonyl (C=O) groups is 1. The molecule has 1 aliphatic heterocycles. The van der Waals surface area contributed by atoms with Crippen molar-refractivity contribution in [3.63, 3.8) is 0 Å². The molecule has 0 aliphatic carbocycles. The molecule has 2 aromatic carbocycles. The fourth-order valence-electron chi connectivity index (χ4n) is 3.09. The van der Waals surface area contributed by atoms with Gasteiger partial charge in [0.05, 0.1) is 24.4 Å². The van der Waals surface area contributed by atoms with Crippen LogP contribution in [0.4, 0.5) is 5.69 Å². The van der Waals surface area contributed by atoms with Crippen LogP contribution in [0.3, 0.4) is 0 Å². The van der Waals surface area contributed by atoms with Crippen LogP contribution in [0.15, 0.2) is 41.3 Å². The summed E-state index contributed by atoms with van der Waals surface area (Å²) in [5.41, 5.74) is 8.67. The largest absolute Gasteiger partial charge is 0.491 e. The number of hydrogen-bond donors (Lipinski definition) is 2. The van der Waals surface area contributed by atoms with Crippen molar-refractivity contribution in [1.82, 2.24) is 0 Å². The molecule has 0 saturated heterocycles. The highest BCUT2D eigenvalue weighted by molar-refractivity contribution is 7.90. The number of methoxy groups -OCH3 is 1. The van der Waals surface area contributed by atoms with Crippen LogP contribution in [0.1, 0.15) is 23.1 Å². The standard InChI is InChI=1S/C18H20BNO6S/c1-25-18(21)7-4-13-9-15(20)5-6-17(13)27(23,24)11-12-2-3-14-10-26-19(22)16(14)8-12/h2-3,5-6,8-9,22H,4,7,10-11,20H2,1H3. The van der Waals surface area contributed by atoms with E-state index in [9.17, 15) is 18.2 Å². The Morgan fingerprint density at radius 3 is 2.81 bits per heavy atom. The molecule has 1 heterocycles. The maximum Gasteiger partial charge on any atom is 0.491 e. The third kappa shape index (κ3) is 4.32. The van der Waals surface area contributed by atoms with Crippen molar-refractivity contribution in [3.8, 4) is 0 Å². The summed E-state index contributed by atoms with van der Waals surface area (Å²) in [5.74, 6) is -0.657. The van der Waals surface area contributed by atoms with Gasteiger partial charge in [0.1, 0.15) is 0 Å². The first-order valence-electron chi connectivity index (χ1n) is 8.39. The fraction of sp³-hybridized carbons (Fsp3) is 0.278. The summed E-state index contributed by atoms with van der Waals surface area (Å²) in [6, 6.07) is 9.67. The first kappa shape index (κ1) is 19.4. The quantitative estimate of drug-likeness (QED) is 0.422. The van der Waals surface area contributed by atoms with Crippen molar-refractivity contribution in [3.05, 3.63) is 53.1 Å². The SMILES string of the molecule is COC(=O)CCc1cc(N)ccc1S(=O)(=O)Cc1ccc2c(c1)B(O)OC2. The predicted molar refractivity (Wildman–Crippen MR) is 101 cm³/mol. The van der Waals surface area contributed by atoms with Crippen molar-refractivity contribution in [1.29, 1.82) is 0 Å². The summed E-state index contributed by atoms with van der Waals surface area (Å²) in [6.07, 6.45) is 0.272. The van der Waals surface area contributed by atoms with Gasteiger partial charge >= 0.3 is 13.1 Å². The Hall–Kier alpha value is -2.36. The van der Waals surface area contributed by atoms with Crippen LogP contribution in [-0.4, -0.2) is 33.6 Å². The third-order valence-corrected chi connectivity index (χ3v) is 6.26. The summed E-state index contributed by atoms with van der Waals surface area (Å²) < 4.78 is 35.7. The number of rotatable bonds is 6. The summed E-state index contributed by atoms with van der Waals surface area (Å²) in [6.45, 7) is 0.305. The van der Waals surface area contributed by atoms with Gasteiger partial charge < -0.3 is 20.1 Å². The zero-order valence-electron chi connectivity index (χ0n) is 14.8. The van der Waals surface area contributed by atoms with Gasteiger partial charge in [0.15, 0.2) is 9.84 Å². The van der Waals surface area contributed by atoms with Crippen LogP contribution >= 0.6 is 0 Å². The summed E-state index contributed by atoms with van der Waals surface area (Å²) in [5, 5.41) is 9.81. The Balaban J connectivity index is 1.89. The highest BCUT2D eigenvalue weighted by atomic mass is 32.2. The van der Waals surface area contributed by atoms with E-state index in [2.05, 4.69) is 4.74 Å². The molecule has 0 fully saturated rings. The molecule has 27 heavy (non-hydrogen) atoms. The van der Waals surface area contributed by atoms with E-state index in [0.717, 1.165) is 5.56 Å². The summed E-state index contributed by atoms with van der Waals surface area (Å²) >= 11 is 0. The number of ether oxygens (including phenoxy) is 1. The number of aryl methyl sites for hydroxylation is 1. The van der Waals surface area contributed by atoms with E-state index >= 15 is 0 Å². The predicted octanol–water partition coefficient (Wildman–Crippen LogP) is 0.566. The Morgan fingerprint density at radius 2 is 2.07 bits per heavy atom. The normalized spacial score (nSPS) is 13.5. The Labute approximate surface area is 158 Å². The van der Waals surface area contributed by atoms with Gasteiger partial charge in [-0.2, -0.15) is 0 Å². The molecule has 0 bridgehead atoms. The van der Waals surface area contributed by atoms with Crippen molar-refractivity contribution < 1.29 is 27.6 Å². The highest BCUT2D eigenvalue weighted by Crippen LogP contribution is 2.25. The third-order valence-electron chi connectivity index (χ3n) is 4.48. The van der Waals surface area contributed by atoms with E-state index < -0.39 is 22.9 Å². The monoisotopic (exact) mass is 389 g/mol. The number of anilines is 1. The van der Waals surface area contributed by atoms with E-state index in [4.69, 9.17) is 10.4 Å². The number of nitrogen functional groups attached to an aromatic ring is 1. The molecule has 0 saturated carbocycles. The topological polar surface area (TPSA) is 116 Å². The van der Waals surface area contributed by atoms with Crippen LogP contribution in [-0.2, 0) is 42.8 Å². The van der Waals surface area contributed by atoms with Gasteiger partial charge in [-0.1, -0.05) is 18.2 Å². The van der Waals surface area contributed by atoms with E-state index in [-0.39, 0.29) is 23.5 Å². The molecule has 7 nitrogen and oxygen atoms in total. The molecule has 0 spiro atoms. The van der Waals surface area contributed by atoms with E-state index in [1.165, 1.54) is 19.2 Å². The second-order valence-electron chi connectivity index (χ2n) is 6.40. The molecule has 0 unspecified atom stereocenters. The number of benzene rings is 2. The molecular formula is C18H20BNO6S. The lowest BCUT2D eigenvalue weighted by molar-refractivity contribution is -0.140. The Kier molecular flexibility index (Phi) is 5.55. The molecule has 1 aliphatic rings. The number of nitrogens with two attached hydrogens (primary N) is 1. The molecule has 2 aromatic rings. The molecule has 142 valence electrons. The van der Waals surface area contributed by atoms with Gasteiger partial charge in [-0.05, 0) is 46.8 Å². The lowest BCUT2D eigenvalue weighted by Crippen LogP contribution is -2.28. The minimum atomic E-state index is -3.68. The summed E-state index contributed by atoms with van der Waals surface area (Å²) in [7, 11) is -3.43. The number of fused-ring (bicyclic) bond motifs is 1. The van der Waals surface area contributed by atoms with Crippen LogP contribution in [0.25, 0.3) is 0 Å². The first-order valence-corrected chi connectivity index (χ1v) is 10.0. The Bertz CT molecular complexity index is 976. The van der Waals surface area contributed by atoms with Gasteiger partial charge in [-0.3, -0.25) is 4.79 Å². The van der Waals surface area contributed by atoms with Gasteiger partial charge in [0.2, 0.25) is 0 Å². The maximum atomic E-state index is 13.0. The lowest BCUT2D eigenvalue weighted by Gasteiger charge is -2.12. The smallest absolute Gasteiger partial charge is 0.469 e. The maximum absolute atomic E-state index is 13.0. The van der Waals surface area contributed by atoms with Crippen molar-refractivity contribution >= 4 is 34.1 Å². The van der Waals surface area contributed by atoms with E-state index in [1.54, 1.807) is 24.3 Å². The van der Waals surface area contributed by atoms with Crippen molar-refractivity contribution in [2.24, 2.45) is 0 Å². The minimum Gasteiger partial charge on any atom is -0.469 e. The average Bonchev–Trinajstić information content (AvgIpc) is 2.99. The Morgan fingerprint density at radius 1 is 1.30 bits per heavy atom. The second-order valence-corrected chi connectivity index (χ2v) is 8.36. The fourth-order valence-corrected chi connectivity index (χ4v) is 4.70. The van der Waals surface area contributed by atoms with Gasteiger partial charge in [0, 0.05) is 12.1 Å². The molecular weight excluding hydrogens is 369 g/mol. The van der Waals surface area contributed by atoms with Crippen molar-refractivity contribution in [2.75, 3.05) is 12.8 Å². The molecule has 0 atom stereocenters. The van der Waals surface area contributed by atoms with Gasteiger partial charge in [-0.15, -0.1) is 0 Å². The number of hydrogen-bond acceptors (Lipinski definition) is 7. The molecule has 9 heteroatoms. The van der Waals surface area contributed by atoms with Crippen LogP contribution in [0.5, 0.6) is 0 Å². The molecule has 0 amide bonds. The number of esters is 1. The number of sulfone groups is 1. The molecule has 0 radical (unpaired) electrons. The second kappa shape index (κ2) is 7.71. The van der Waals surface area contributed by atoms with Crippen LogP contribution < -0.4 is 11.2 Å². The van der Waals surface area contributed by atoms with Gasteiger partial charge in [0.25, 0.3) is 0 Å². The van der Waals surface area contributed by atoms with Crippen molar-refractivity contribution in [2.45, 2.75) is 30.1 Å². The zero-order valence-corrected chi connectivity index (χ0v) is 15.7. The highest BCUT2D eigenvalue weighted by Gasteiger charge is 2.28. The number of carbonyl (C=O) groups excluding carboxylic acids is 1.